The number of ether oxygens (including phenoxy) is 2. The van der Waals surface area contributed by atoms with Crippen LogP contribution in [0.4, 0.5) is 5.82 Å². The molecule has 2 N–H and O–H groups in total. The lowest BCUT2D eigenvalue weighted by Crippen LogP contribution is -2.48. The summed E-state index contributed by atoms with van der Waals surface area (Å²) in [6.07, 6.45) is 1.32. The molecular weight excluding hydrogens is 226 g/mol. The lowest BCUT2D eigenvalue weighted by molar-refractivity contribution is 0.0719. The van der Waals surface area contributed by atoms with Crippen molar-refractivity contribution in [3.63, 3.8) is 0 Å². The molecule has 0 bridgehead atoms. The predicted octanol–water partition coefficient (Wildman–Crippen LogP) is -1.02. The van der Waals surface area contributed by atoms with Gasteiger partial charge in [0.2, 0.25) is 5.75 Å². The molecule has 0 aliphatic carbocycles. The van der Waals surface area contributed by atoms with Gasteiger partial charge in [-0.2, -0.15) is 0 Å². The number of hydrogen-bond donors (Lipinski definition) is 2. The van der Waals surface area contributed by atoms with Gasteiger partial charge in [-0.3, -0.25) is 4.79 Å². The van der Waals surface area contributed by atoms with Crippen molar-refractivity contribution in [2.45, 2.75) is 6.04 Å². The molecule has 1 saturated heterocycles. The molecule has 7 heteroatoms. The molecule has 0 amide bonds. The number of nitrogens with zero attached hydrogens (tertiary/aromatic N) is 2. The molecule has 7 nitrogen and oxygen atoms in total. The Balaban J connectivity index is 2.37. The van der Waals surface area contributed by atoms with E-state index in [4.69, 9.17) is 9.47 Å². The zero-order valence-corrected chi connectivity index (χ0v) is 9.55. The van der Waals surface area contributed by atoms with Gasteiger partial charge in [-0.05, 0) is 0 Å². The molecule has 94 valence electrons. The van der Waals surface area contributed by atoms with Crippen molar-refractivity contribution in [2.24, 2.45) is 0 Å². The van der Waals surface area contributed by atoms with Gasteiger partial charge in [0.25, 0.3) is 5.56 Å². The highest BCUT2D eigenvalue weighted by molar-refractivity contribution is 5.51. The number of aromatic nitrogens is 2. The van der Waals surface area contributed by atoms with E-state index in [0.29, 0.717) is 25.6 Å². The number of methoxy groups -OCH3 is 1. The van der Waals surface area contributed by atoms with E-state index in [0.717, 1.165) is 0 Å². The predicted molar refractivity (Wildman–Crippen MR) is 60.4 cm³/mol. The number of aliphatic hydroxyl groups excluding tert-OH is 1. The largest absolute Gasteiger partial charge is 0.489 e. The fourth-order valence-electron chi connectivity index (χ4n) is 1.85. The Labute approximate surface area is 98.0 Å². The maximum absolute atomic E-state index is 11.6. The fraction of sp³-hybridized carbons (Fsp3) is 0.600. The monoisotopic (exact) mass is 241 g/mol. The number of hydrogen-bond acceptors (Lipinski definition) is 6. The first-order valence-corrected chi connectivity index (χ1v) is 5.35. The molecular formula is C10H15N3O4. The van der Waals surface area contributed by atoms with E-state index < -0.39 is 0 Å². The SMILES string of the molecule is COc1c(N2CCOCC2CO)nc[nH]c1=O. The van der Waals surface area contributed by atoms with E-state index >= 15 is 0 Å². The lowest BCUT2D eigenvalue weighted by atomic mass is 10.2. The van der Waals surface area contributed by atoms with E-state index in [-0.39, 0.29) is 24.0 Å². The molecule has 17 heavy (non-hydrogen) atoms. The summed E-state index contributed by atoms with van der Waals surface area (Å²) in [5.74, 6) is 0.603. The Hall–Kier alpha value is -1.60. The summed E-state index contributed by atoms with van der Waals surface area (Å²) in [7, 11) is 1.42. The summed E-state index contributed by atoms with van der Waals surface area (Å²) in [6.45, 7) is 1.46. The highest BCUT2D eigenvalue weighted by Crippen LogP contribution is 2.23. The molecule has 1 atom stereocenters. The van der Waals surface area contributed by atoms with Gasteiger partial charge in [0, 0.05) is 6.54 Å². The molecule has 0 spiro atoms. The fourth-order valence-corrected chi connectivity index (χ4v) is 1.85. The molecule has 2 rings (SSSR count). The molecule has 1 aromatic heterocycles. The Morgan fingerprint density at radius 2 is 2.59 bits per heavy atom. The number of rotatable bonds is 3. The van der Waals surface area contributed by atoms with Crippen LogP contribution in [0.25, 0.3) is 0 Å². The zero-order valence-electron chi connectivity index (χ0n) is 9.55. The van der Waals surface area contributed by atoms with Gasteiger partial charge >= 0.3 is 0 Å². The summed E-state index contributed by atoms with van der Waals surface area (Å²) in [6, 6.07) is -0.202. The van der Waals surface area contributed by atoms with Crippen molar-refractivity contribution in [1.29, 1.82) is 0 Å². The molecule has 1 fully saturated rings. The normalized spacial score (nSPS) is 20.4. The number of nitrogens with one attached hydrogen (secondary N) is 1. The van der Waals surface area contributed by atoms with Crippen LogP contribution in [0.3, 0.4) is 0 Å². The minimum Gasteiger partial charge on any atom is -0.489 e. The first kappa shape index (κ1) is 11.9. The number of aliphatic hydroxyl groups is 1. The average molecular weight is 241 g/mol. The number of H-pyrrole nitrogens is 1. The van der Waals surface area contributed by atoms with E-state index in [1.165, 1.54) is 13.4 Å². The Kier molecular flexibility index (Phi) is 3.60. The zero-order chi connectivity index (χ0) is 12.3. The highest BCUT2D eigenvalue weighted by atomic mass is 16.5. The smallest absolute Gasteiger partial charge is 0.295 e. The van der Waals surface area contributed by atoms with Gasteiger partial charge in [-0.1, -0.05) is 0 Å². The van der Waals surface area contributed by atoms with E-state index in [1.54, 1.807) is 0 Å². The second kappa shape index (κ2) is 5.15. The van der Waals surface area contributed by atoms with Crippen molar-refractivity contribution in [1.82, 2.24) is 9.97 Å². The van der Waals surface area contributed by atoms with Crippen LogP contribution in [0.15, 0.2) is 11.1 Å². The lowest BCUT2D eigenvalue weighted by Gasteiger charge is -2.35. The van der Waals surface area contributed by atoms with E-state index in [2.05, 4.69) is 9.97 Å². The Bertz CT molecular complexity index is 434. The number of aromatic amines is 1. The third-order valence-corrected chi connectivity index (χ3v) is 2.71. The van der Waals surface area contributed by atoms with Crippen LogP contribution < -0.4 is 15.2 Å². The maximum atomic E-state index is 11.6. The van der Waals surface area contributed by atoms with Crippen molar-refractivity contribution < 1.29 is 14.6 Å². The second-order valence-electron chi connectivity index (χ2n) is 3.69. The van der Waals surface area contributed by atoms with Crippen LogP contribution in [-0.4, -0.2) is 54.6 Å². The van der Waals surface area contributed by atoms with Crippen LogP contribution in [0.1, 0.15) is 0 Å². The van der Waals surface area contributed by atoms with Gasteiger partial charge in [-0.25, -0.2) is 4.98 Å². The topological polar surface area (TPSA) is 87.7 Å². The summed E-state index contributed by atoms with van der Waals surface area (Å²) in [5, 5.41) is 9.28. The molecule has 1 aromatic rings. The van der Waals surface area contributed by atoms with Crippen molar-refractivity contribution in [2.75, 3.05) is 38.4 Å². The van der Waals surface area contributed by atoms with Gasteiger partial charge in [0.15, 0.2) is 5.82 Å². The van der Waals surface area contributed by atoms with Gasteiger partial charge in [-0.15, -0.1) is 0 Å². The minimum absolute atomic E-state index is 0.0579. The molecule has 1 unspecified atom stereocenters. The molecule has 2 heterocycles. The van der Waals surface area contributed by atoms with Gasteiger partial charge < -0.3 is 24.5 Å². The third kappa shape index (κ3) is 2.25. The summed E-state index contributed by atoms with van der Waals surface area (Å²) in [5.41, 5.74) is -0.333. The third-order valence-electron chi connectivity index (χ3n) is 2.71. The first-order chi connectivity index (χ1) is 8.27. The van der Waals surface area contributed by atoms with E-state index in [9.17, 15) is 9.90 Å². The summed E-state index contributed by atoms with van der Waals surface area (Å²) in [4.78, 5) is 20.0. The highest BCUT2D eigenvalue weighted by Gasteiger charge is 2.27. The van der Waals surface area contributed by atoms with Crippen LogP contribution in [0, 0.1) is 0 Å². The standard InChI is InChI=1S/C10H15N3O4/c1-16-8-9(11-6-12-10(8)15)13-2-3-17-5-7(13)4-14/h6-7,14H,2-5H2,1H3,(H,11,12,15). The van der Waals surface area contributed by atoms with Crippen molar-refractivity contribution >= 4 is 5.82 Å². The van der Waals surface area contributed by atoms with Crippen molar-refractivity contribution in [3.8, 4) is 5.75 Å². The molecule has 1 aliphatic rings. The van der Waals surface area contributed by atoms with Gasteiger partial charge in [0.05, 0.1) is 39.3 Å². The van der Waals surface area contributed by atoms with Gasteiger partial charge in [0.1, 0.15) is 0 Å². The van der Waals surface area contributed by atoms with Crippen molar-refractivity contribution in [3.05, 3.63) is 16.7 Å². The van der Waals surface area contributed by atoms with E-state index in [1.807, 2.05) is 4.90 Å². The average Bonchev–Trinajstić information content (AvgIpc) is 2.38. The van der Waals surface area contributed by atoms with Crippen LogP contribution >= 0.6 is 0 Å². The number of morpholine rings is 1. The summed E-state index contributed by atoms with van der Waals surface area (Å²) < 4.78 is 10.3. The quantitative estimate of drug-likeness (QED) is 0.704. The molecule has 0 radical (unpaired) electrons. The maximum Gasteiger partial charge on any atom is 0.295 e. The minimum atomic E-state index is -0.333. The number of anilines is 1. The molecule has 0 saturated carbocycles. The summed E-state index contributed by atoms with van der Waals surface area (Å²) >= 11 is 0. The van der Waals surface area contributed by atoms with Crippen LogP contribution in [0.5, 0.6) is 5.75 Å². The van der Waals surface area contributed by atoms with Crippen LogP contribution in [-0.2, 0) is 4.74 Å². The first-order valence-electron chi connectivity index (χ1n) is 5.35. The Morgan fingerprint density at radius 1 is 1.76 bits per heavy atom. The second-order valence-corrected chi connectivity index (χ2v) is 3.69. The Morgan fingerprint density at radius 3 is 3.29 bits per heavy atom. The van der Waals surface area contributed by atoms with Crippen LogP contribution in [0.2, 0.25) is 0 Å². The molecule has 1 aliphatic heterocycles. The molecule has 0 aromatic carbocycles.